The van der Waals surface area contributed by atoms with E-state index in [1.54, 1.807) is 6.92 Å². The first kappa shape index (κ1) is 13.2. The van der Waals surface area contributed by atoms with Crippen LogP contribution in [-0.2, 0) is 19.0 Å². The molecule has 0 aliphatic carbocycles. The van der Waals surface area contributed by atoms with E-state index < -0.39 is 19.0 Å². The molecule has 5 nitrogen and oxygen atoms in total. The molecule has 80 valence electrons. The quantitative estimate of drug-likeness (QED) is 0.539. The minimum atomic E-state index is -4.11. The zero-order chi connectivity index (χ0) is 10.5. The summed E-state index contributed by atoms with van der Waals surface area (Å²) in [5.41, 5.74) is 0. The molecule has 0 saturated carbocycles. The van der Waals surface area contributed by atoms with Gasteiger partial charge in [0.2, 0.25) is 0 Å². The van der Waals surface area contributed by atoms with Crippen LogP contribution in [0.3, 0.4) is 0 Å². The Morgan fingerprint density at radius 3 is 2.08 bits per heavy atom. The topological polar surface area (TPSA) is 88.5 Å². The van der Waals surface area contributed by atoms with E-state index in [1.165, 1.54) is 0 Å². The molecule has 0 radical (unpaired) electrons. The molecule has 0 aromatic carbocycles. The van der Waals surface area contributed by atoms with Gasteiger partial charge in [0.15, 0.2) is 9.84 Å². The van der Waals surface area contributed by atoms with Gasteiger partial charge in [-0.05, 0) is 17.2 Å². The van der Waals surface area contributed by atoms with Gasteiger partial charge in [-0.3, -0.25) is 4.55 Å². The summed E-state index contributed by atoms with van der Waals surface area (Å²) in [7, 11) is -7.02. The highest BCUT2D eigenvalue weighted by molar-refractivity contribution is 8.70. The van der Waals surface area contributed by atoms with Crippen LogP contribution in [0.2, 0.25) is 0 Å². The number of sulfone groups is 1. The molecule has 0 amide bonds. The molecule has 0 saturated heterocycles. The highest BCUT2D eigenvalue weighted by Gasteiger charge is 2.12. The second-order valence-corrected chi connectivity index (χ2v) is 8.18. The molecular formula is C5H12O5S3. The fourth-order valence-electron chi connectivity index (χ4n) is 0.679. The summed E-state index contributed by atoms with van der Waals surface area (Å²) >= 11 is 0. The van der Waals surface area contributed by atoms with Gasteiger partial charge < -0.3 is 0 Å². The third-order valence-electron chi connectivity index (χ3n) is 1.14. The van der Waals surface area contributed by atoms with Crippen molar-refractivity contribution in [3.05, 3.63) is 0 Å². The molecule has 0 bridgehead atoms. The Morgan fingerprint density at radius 1 is 1.15 bits per heavy atom. The molecule has 0 atom stereocenters. The molecular weight excluding hydrogens is 236 g/mol. The van der Waals surface area contributed by atoms with Gasteiger partial charge in [-0.1, -0.05) is 6.92 Å². The van der Waals surface area contributed by atoms with Gasteiger partial charge >= 0.3 is 9.15 Å². The van der Waals surface area contributed by atoms with Crippen LogP contribution in [0.25, 0.3) is 0 Å². The van der Waals surface area contributed by atoms with Crippen molar-refractivity contribution in [1.29, 1.82) is 0 Å². The molecule has 0 fully saturated rings. The number of hydrogen-bond donors (Lipinski definition) is 1. The fraction of sp³-hybridized carbons (Fsp3) is 1.00. The van der Waals surface area contributed by atoms with Crippen LogP contribution in [0.4, 0.5) is 0 Å². The SMILES string of the molecule is CCCS(=O)(=O)CCSS(=O)(=O)O. The number of hydrogen-bond acceptors (Lipinski definition) is 5. The van der Waals surface area contributed by atoms with Crippen molar-refractivity contribution in [3.8, 4) is 0 Å². The maximum Gasteiger partial charge on any atom is 0.319 e. The second-order valence-electron chi connectivity index (χ2n) is 2.40. The Bertz CT molecular complexity index is 327. The number of rotatable bonds is 6. The predicted octanol–water partition coefficient (Wildman–Crippen LogP) is 0.347. The zero-order valence-electron chi connectivity index (χ0n) is 7.13. The summed E-state index contributed by atoms with van der Waals surface area (Å²) in [6.07, 6.45) is 0.513. The van der Waals surface area contributed by atoms with Crippen LogP contribution in [0.15, 0.2) is 0 Å². The normalized spacial score (nSPS) is 13.1. The largest absolute Gasteiger partial charge is 0.319 e. The van der Waals surface area contributed by atoms with E-state index >= 15 is 0 Å². The monoisotopic (exact) mass is 248 g/mol. The zero-order valence-corrected chi connectivity index (χ0v) is 9.58. The average molecular weight is 248 g/mol. The van der Waals surface area contributed by atoms with Gasteiger partial charge in [-0.2, -0.15) is 8.42 Å². The van der Waals surface area contributed by atoms with Crippen LogP contribution in [0.1, 0.15) is 13.3 Å². The van der Waals surface area contributed by atoms with Crippen molar-refractivity contribution in [2.45, 2.75) is 13.3 Å². The Balaban J connectivity index is 3.91. The minimum absolute atomic E-state index is 0.0546. The van der Waals surface area contributed by atoms with Gasteiger partial charge in [0.25, 0.3) is 0 Å². The van der Waals surface area contributed by atoms with E-state index in [0.717, 1.165) is 0 Å². The summed E-state index contributed by atoms with van der Waals surface area (Å²) < 4.78 is 50.7. The summed E-state index contributed by atoms with van der Waals surface area (Å²) in [6.45, 7) is 1.73. The molecule has 0 heterocycles. The van der Waals surface area contributed by atoms with Gasteiger partial charge in [0.1, 0.15) is 0 Å². The summed E-state index contributed by atoms with van der Waals surface area (Å²) in [4.78, 5) is 0. The Labute approximate surface area is 82.0 Å². The Morgan fingerprint density at radius 2 is 1.69 bits per heavy atom. The average Bonchev–Trinajstić information content (AvgIpc) is 1.82. The third-order valence-corrected chi connectivity index (χ3v) is 5.32. The van der Waals surface area contributed by atoms with E-state index in [4.69, 9.17) is 4.55 Å². The third kappa shape index (κ3) is 8.54. The van der Waals surface area contributed by atoms with Crippen molar-refractivity contribution in [1.82, 2.24) is 0 Å². The van der Waals surface area contributed by atoms with Crippen LogP contribution in [0, 0.1) is 0 Å². The van der Waals surface area contributed by atoms with E-state index in [-0.39, 0.29) is 28.1 Å². The first-order valence-corrected chi connectivity index (χ1v) is 8.35. The van der Waals surface area contributed by atoms with Crippen molar-refractivity contribution in [3.63, 3.8) is 0 Å². The van der Waals surface area contributed by atoms with Crippen LogP contribution >= 0.6 is 10.8 Å². The first-order valence-electron chi connectivity index (χ1n) is 3.59. The van der Waals surface area contributed by atoms with Gasteiger partial charge in [-0.25, -0.2) is 8.42 Å². The Hall–Kier alpha value is 0.210. The van der Waals surface area contributed by atoms with Crippen molar-refractivity contribution in [2.24, 2.45) is 0 Å². The van der Waals surface area contributed by atoms with E-state index in [2.05, 4.69) is 0 Å². The van der Waals surface area contributed by atoms with Gasteiger partial charge in [0.05, 0.1) is 5.75 Å². The summed E-state index contributed by atoms with van der Waals surface area (Å²) in [5.74, 6) is -0.286. The standard InChI is InChI=1S/C5H12O5S3/c1-2-4-12(6,7)5-3-11-13(8,9)10/h2-5H2,1H3,(H,8,9,10). The van der Waals surface area contributed by atoms with Crippen LogP contribution < -0.4 is 0 Å². The highest BCUT2D eigenvalue weighted by Crippen LogP contribution is 2.09. The smallest absolute Gasteiger partial charge is 0.277 e. The lowest BCUT2D eigenvalue weighted by Gasteiger charge is -2.00. The van der Waals surface area contributed by atoms with Crippen molar-refractivity contribution < 1.29 is 21.4 Å². The molecule has 1 N–H and O–H groups in total. The predicted molar refractivity (Wildman–Crippen MR) is 53.0 cm³/mol. The summed E-state index contributed by atoms with van der Waals surface area (Å²) in [6, 6.07) is 0. The first-order chi connectivity index (χ1) is 5.77. The summed E-state index contributed by atoms with van der Waals surface area (Å²) in [5, 5.41) is 0. The molecule has 8 heteroatoms. The molecule has 0 aromatic rings. The molecule has 13 heavy (non-hydrogen) atoms. The molecule has 0 spiro atoms. The molecule has 0 unspecified atom stereocenters. The lowest BCUT2D eigenvalue weighted by Crippen LogP contribution is -2.12. The lowest BCUT2D eigenvalue weighted by atomic mass is 10.6. The minimum Gasteiger partial charge on any atom is -0.277 e. The molecule has 0 aliphatic heterocycles. The van der Waals surface area contributed by atoms with Crippen molar-refractivity contribution >= 4 is 29.8 Å². The van der Waals surface area contributed by atoms with Gasteiger partial charge in [0, 0.05) is 11.5 Å². The van der Waals surface area contributed by atoms with Crippen LogP contribution in [-0.4, -0.2) is 38.6 Å². The van der Waals surface area contributed by atoms with Gasteiger partial charge in [-0.15, -0.1) is 0 Å². The lowest BCUT2D eigenvalue weighted by molar-refractivity contribution is 0.503. The highest BCUT2D eigenvalue weighted by atomic mass is 33.1. The van der Waals surface area contributed by atoms with E-state index in [1.807, 2.05) is 0 Å². The maximum atomic E-state index is 11.0. The Kier molecular flexibility index (Phi) is 5.26. The van der Waals surface area contributed by atoms with Crippen LogP contribution in [0.5, 0.6) is 0 Å². The van der Waals surface area contributed by atoms with E-state index in [9.17, 15) is 16.8 Å². The molecule has 0 aliphatic rings. The maximum absolute atomic E-state index is 11.0. The van der Waals surface area contributed by atoms with E-state index in [0.29, 0.717) is 6.42 Å². The van der Waals surface area contributed by atoms with Crippen molar-refractivity contribution in [2.75, 3.05) is 17.3 Å². The molecule has 0 aromatic heterocycles. The fourth-order valence-corrected chi connectivity index (χ4v) is 4.25. The molecule has 0 rings (SSSR count). The second kappa shape index (κ2) is 5.18.